The van der Waals surface area contributed by atoms with Crippen molar-refractivity contribution in [2.45, 2.75) is 45.8 Å². The van der Waals surface area contributed by atoms with Crippen molar-refractivity contribution in [2.75, 3.05) is 19.6 Å². The Kier molecular flexibility index (Phi) is 5.34. The molecule has 1 fully saturated rings. The number of hydrogen-bond acceptors (Lipinski definition) is 5. The SMILES string of the molecule is C[C@@H](NC[C@H]1CCN(C(=O)OC(C)(C)C)C1)c1cnccn1. The highest BCUT2D eigenvalue weighted by Crippen LogP contribution is 2.19. The number of nitrogens with zero attached hydrogens (tertiary/aromatic N) is 3. The first-order chi connectivity index (χ1) is 10.3. The predicted octanol–water partition coefficient (Wildman–Crippen LogP) is 2.38. The zero-order chi connectivity index (χ0) is 16.2. The summed E-state index contributed by atoms with van der Waals surface area (Å²) in [6.07, 6.45) is 5.94. The van der Waals surface area contributed by atoms with E-state index in [1.807, 2.05) is 20.8 Å². The molecular formula is C16H26N4O2. The van der Waals surface area contributed by atoms with Crippen molar-refractivity contribution in [1.29, 1.82) is 0 Å². The molecule has 1 saturated heterocycles. The number of rotatable bonds is 4. The van der Waals surface area contributed by atoms with Crippen LogP contribution in [0.1, 0.15) is 45.9 Å². The second kappa shape index (κ2) is 7.05. The quantitative estimate of drug-likeness (QED) is 0.925. The van der Waals surface area contributed by atoms with Crippen LogP contribution >= 0.6 is 0 Å². The highest BCUT2D eigenvalue weighted by Gasteiger charge is 2.29. The molecule has 6 nitrogen and oxygen atoms in total. The van der Waals surface area contributed by atoms with Crippen LogP contribution in [-0.2, 0) is 4.74 Å². The van der Waals surface area contributed by atoms with Crippen molar-refractivity contribution in [3.05, 3.63) is 24.3 Å². The smallest absolute Gasteiger partial charge is 0.410 e. The second-order valence-electron chi connectivity index (χ2n) is 6.84. The number of hydrogen-bond donors (Lipinski definition) is 1. The van der Waals surface area contributed by atoms with Crippen molar-refractivity contribution >= 4 is 6.09 Å². The molecule has 0 aliphatic carbocycles. The molecule has 0 radical (unpaired) electrons. The Labute approximate surface area is 132 Å². The molecule has 2 atom stereocenters. The first-order valence-corrected chi connectivity index (χ1v) is 7.82. The number of carbonyl (C=O) groups is 1. The van der Waals surface area contributed by atoms with Gasteiger partial charge in [0, 0.05) is 44.3 Å². The number of aromatic nitrogens is 2. The molecule has 1 aromatic rings. The Hall–Kier alpha value is -1.69. The van der Waals surface area contributed by atoms with Crippen LogP contribution in [-0.4, -0.2) is 46.2 Å². The summed E-state index contributed by atoms with van der Waals surface area (Å²) in [5, 5.41) is 3.47. The van der Waals surface area contributed by atoms with E-state index in [2.05, 4.69) is 22.2 Å². The number of ether oxygens (including phenoxy) is 1. The van der Waals surface area contributed by atoms with E-state index in [9.17, 15) is 4.79 Å². The monoisotopic (exact) mass is 306 g/mol. The van der Waals surface area contributed by atoms with Crippen LogP contribution in [0.5, 0.6) is 0 Å². The second-order valence-corrected chi connectivity index (χ2v) is 6.84. The van der Waals surface area contributed by atoms with Crippen molar-refractivity contribution in [3.63, 3.8) is 0 Å². The summed E-state index contributed by atoms with van der Waals surface area (Å²) in [6, 6.07) is 0.157. The standard InChI is InChI=1S/C16H26N4O2/c1-12(14-10-17-6-7-18-14)19-9-13-5-8-20(11-13)15(21)22-16(2,3)4/h6-7,10,12-13,19H,5,8-9,11H2,1-4H3/t12-,13-/m1/s1. The van der Waals surface area contributed by atoms with Gasteiger partial charge in [0.15, 0.2) is 0 Å². The maximum absolute atomic E-state index is 12.0. The Morgan fingerprint density at radius 2 is 2.27 bits per heavy atom. The van der Waals surface area contributed by atoms with Gasteiger partial charge in [-0.25, -0.2) is 4.79 Å². The van der Waals surface area contributed by atoms with E-state index in [-0.39, 0.29) is 12.1 Å². The van der Waals surface area contributed by atoms with Gasteiger partial charge in [-0.1, -0.05) is 0 Å². The first kappa shape index (κ1) is 16.7. The summed E-state index contributed by atoms with van der Waals surface area (Å²) in [6.45, 7) is 10.1. The van der Waals surface area contributed by atoms with E-state index >= 15 is 0 Å². The Morgan fingerprint density at radius 3 is 2.91 bits per heavy atom. The van der Waals surface area contributed by atoms with Crippen molar-refractivity contribution in [1.82, 2.24) is 20.2 Å². The third-order valence-corrected chi connectivity index (χ3v) is 3.68. The number of carbonyl (C=O) groups excluding carboxylic acids is 1. The topological polar surface area (TPSA) is 67.4 Å². The Balaban J connectivity index is 1.76. The van der Waals surface area contributed by atoms with Crippen LogP contribution in [0.3, 0.4) is 0 Å². The number of likely N-dealkylation sites (tertiary alicyclic amines) is 1. The molecule has 2 heterocycles. The average molecular weight is 306 g/mol. The molecular weight excluding hydrogens is 280 g/mol. The molecule has 0 aromatic carbocycles. The molecule has 1 N–H and O–H groups in total. The largest absolute Gasteiger partial charge is 0.444 e. The predicted molar refractivity (Wildman–Crippen MR) is 84.4 cm³/mol. The minimum atomic E-state index is -0.437. The lowest BCUT2D eigenvalue weighted by molar-refractivity contribution is 0.0288. The van der Waals surface area contributed by atoms with E-state index in [1.54, 1.807) is 23.5 Å². The van der Waals surface area contributed by atoms with Crippen LogP contribution in [0.2, 0.25) is 0 Å². The van der Waals surface area contributed by atoms with Gasteiger partial charge in [0.2, 0.25) is 0 Å². The molecule has 2 rings (SSSR count). The molecule has 122 valence electrons. The maximum Gasteiger partial charge on any atom is 0.410 e. The Morgan fingerprint density at radius 1 is 1.50 bits per heavy atom. The molecule has 0 unspecified atom stereocenters. The molecule has 1 amide bonds. The summed E-state index contributed by atoms with van der Waals surface area (Å²) < 4.78 is 5.41. The van der Waals surface area contributed by atoms with E-state index < -0.39 is 5.60 Å². The number of amides is 1. The molecule has 1 aliphatic rings. The van der Waals surface area contributed by atoms with Gasteiger partial charge in [-0.2, -0.15) is 0 Å². The first-order valence-electron chi connectivity index (χ1n) is 7.82. The van der Waals surface area contributed by atoms with E-state index in [4.69, 9.17) is 4.74 Å². The number of nitrogens with one attached hydrogen (secondary N) is 1. The van der Waals surface area contributed by atoms with Crippen molar-refractivity contribution < 1.29 is 9.53 Å². The third kappa shape index (κ3) is 4.94. The molecule has 1 aromatic heterocycles. The zero-order valence-electron chi connectivity index (χ0n) is 13.9. The van der Waals surface area contributed by atoms with Gasteiger partial charge in [-0.15, -0.1) is 0 Å². The van der Waals surface area contributed by atoms with E-state index in [0.717, 1.165) is 31.7 Å². The summed E-state index contributed by atoms with van der Waals surface area (Å²) in [5.41, 5.74) is 0.498. The fourth-order valence-electron chi connectivity index (χ4n) is 2.47. The van der Waals surface area contributed by atoms with Crippen LogP contribution in [0.25, 0.3) is 0 Å². The van der Waals surface area contributed by atoms with Gasteiger partial charge < -0.3 is 15.0 Å². The summed E-state index contributed by atoms with van der Waals surface area (Å²) in [5.74, 6) is 0.451. The fourth-order valence-corrected chi connectivity index (χ4v) is 2.47. The summed E-state index contributed by atoms with van der Waals surface area (Å²) in [7, 11) is 0. The maximum atomic E-state index is 12.0. The lowest BCUT2D eigenvalue weighted by Crippen LogP contribution is -2.36. The van der Waals surface area contributed by atoms with Gasteiger partial charge in [-0.05, 0) is 40.0 Å². The van der Waals surface area contributed by atoms with Crippen LogP contribution < -0.4 is 5.32 Å². The van der Waals surface area contributed by atoms with Crippen LogP contribution in [0.4, 0.5) is 4.79 Å². The molecule has 22 heavy (non-hydrogen) atoms. The van der Waals surface area contributed by atoms with E-state index in [1.165, 1.54) is 0 Å². The molecule has 0 spiro atoms. The minimum absolute atomic E-state index is 0.157. The summed E-state index contributed by atoms with van der Waals surface area (Å²) in [4.78, 5) is 22.2. The Bertz CT molecular complexity index is 487. The molecule has 0 saturated carbocycles. The van der Waals surface area contributed by atoms with Crippen LogP contribution in [0.15, 0.2) is 18.6 Å². The van der Waals surface area contributed by atoms with E-state index in [0.29, 0.717) is 5.92 Å². The van der Waals surface area contributed by atoms with Crippen molar-refractivity contribution in [2.24, 2.45) is 5.92 Å². The van der Waals surface area contributed by atoms with Gasteiger partial charge in [0.1, 0.15) is 5.60 Å². The minimum Gasteiger partial charge on any atom is -0.444 e. The highest BCUT2D eigenvalue weighted by molar-refractivity contribution is 5.68. The lowest BCUT2D eigenvalue weighted by Gasteiger charge is -2.24. The molecule has 6 heteroatoms. The van der Waals surface area contributed by atoms with Gasteiger partial charge in [0.25, 0.3) is 0 Å². The summed E-state index contributed by atoms with van der Waals surface area (Å²) >= 11 is 0. The fraction of sp³-hybridized carbons (Fsp3) is 0.688. The van der Waals surface area contributed by atoms with Gasteiger partial charge in [-0.3, -0.25) is 9.97 Å². The highest BCUT2D eigenvalue weighted by atomic mass is 16.6. The average Bonchev–Trinajstić information content (AvgIpc) is 2.93. The molecule has 0 bridgehead atoms. The van der Waals surface area contributed by atoms with Crippen LogP contribution in [0, 0.1) is 5.92 Å². The zero-order valence-corrected chi connectivity index (χ0v) is 13.9. The van der Waals surface area contributed by atoms with Crippen molar-refractivity contribution in [3.8, 4) is 0 Å². The van der Waals surface area contributed by atoms with Gasteiger partial charge >= 0.3 is 6.09 Å². The third-order valence-electron chi connectivity index (χ3n) is 3.68. The lowest BCUT2D eigenvalue weighted by atomic mass is 10.1. The molecule has 1 aliphatic heterocycles. The van der Waals surface area contributed by atoms with Gasteiger partial charge in [0.05, 0.1) is 5.69 Å². The normalized spacial score (nSPS) is 20.0.